The van der Waals surface area contributed by atoms with Crippen molar-refractivity contribution in [2.75, 3.05) is 20.1 Å². The molecule has 0 spiro atoms. The summed E-state index contributed by atoms with van der Waals surface area (Å²) in [7, 11) is 2.19. The second-order valence-corrected chi connectivity index (χ2v) is 5.26. The van der Waals surface area contributed by atoms with E-state index in [9.17, 15) is 0 Å². The number of nitrogens with one attached hydrogen (secondary N) is 1. The van der Waals surface area contributed by atoms with Crippen molar-refractivity contribution in [3.63, 3.8) is 0 Å². The van der Waals surface area contributed by atoms with Crippen LogP contribution in [0.2, 0.25) is 0 Å². The van der Waals surface area contributed by atoms with Crippen LogP contribution in [0.4, 0.5) is 0 Å². The van der Waals surface area contributed by atoms with Gasteiger partial charge in [0.15, 0.2) is 0 Å². The summed E-state index contributed by atoms with van der Waals surface area (Å²) < 4.78 is 5.58. The molecular formula is C13H23N3O. The Labute approximate surface area is 103 Å². The Bertz CT molecular complexity index is 355. The molecule has 0 radical (unpaired) electrons. The van der Waals surface area contributed by atoms with E-state index in [-0.39, 0.29) is 0 Å². The first-order valence-electron chi connectivity index (χ1n) is 6.41. The van der Waals surface area contributed by atoms with E-state index in [1.807, 2.05) is 13.8 Å². The highest BCUT2D eigenvalue weighted by Crippen LogP contribution is 2.16. The van der Waals surface area contributed by atoms with E-state index in [0.717, 1.165) is 23.9 Å². The van der Waals surface area contributed by atoms with Gasteiger partial charge in [-0.2, -0.15) is 0 Å². The van der Waals surface area contributed by atoms with Crippen LogP contribution in [0.25, 0.3) is 0 Å². The van der Waals surface area contributed by atoms with Crippen molar-refractivity contribution in [3.05, 3.63) is 17.3 Å². The Morgan fingerprint density at radius 2 is 2.24 bits per heavy atom. The van der Waals surface area contributed by atoms with Gasteiger partial charge in [-0.05, 0) is 39.8 Å². The predicted molar refractivity (Wildman–Crippen MR) is 67.9 cm³/mol. The molecule has 4 nitrogen and oxygen atoms in total. The van der Waals surface area contributed by atoms with Gasteiger partial charge in [-0.1, -0.05) is 6.92 Å². The van der Waals surface area contributed by atoms with E-state index in [2.05, 4.69) is 29.2 Å². The largest absolute Gasteiger partial charge is 0.444 e. The predicted octanol–water partition coefficient (Wildman–Crippen LogP) is 1.72. The maximum Gasteiger partial charge on any atom is 0.208 e. The van der Waals surface area contributed by atoms with Gasteiger partial charge in [0.2, 0.25) is 5.89 Å². The lowest BCUT2D eigenvalue weighted by Gasteiger charge is -2.35. The Morgan fingerprint density at radius 1 is 1.47 bits per heavy atom. The molecule has 1 saturated heterocycles. The molecule has 1 N–H and O–H groups in total. The van der Waals surface area contributed by atoms with Gasteiger partial charge < -0.3 is 14.6 Å². The highest BCUT2D eigenvalue weighted by Gasteiger charge is 2.23. The minimum atomic E-state index is 0.582. The molecule has 1 aromatic rings. The smallest absolute Gasteiger partial charge is 0.208 e. The summed E-state index contributed by atoms with van der Waals surface area (Å²) >= 11 is 0. The molecule has 0 bridgehead atoms. The lowest BCUT2D eigenvalue weighted by atomic mass is 9.94. The third kappa shape index (κ3) is 3.07. The number of oxazole rings is 1. The van der Waals surface area contributed by atoms with Crippen molar-refractivity contribution in [2.24, 2.45) is 5.92 Å². The molecule has 0 aromatic carbocycles. The van der Waals surface area contributed by atoms with E-state index < -0.39 is 0 Å². The summed E-state index contributed by atoms with van der Waals surface area (Å²) in [6.45, 7) is 9.34. The van der Waals surface area contributed by atoms with Crippen molar-refractivity contribution < 1.29 is 4.42 Å². The summed E-state index contributed by atoms with van der Waals surface area (Å²) in [5, 5.41) is 3.57. The van der Waals surface area contributed by atoms with Crippen LogP contribution in [0, 0.1) is 19.8 Å². The number of aromatic nitrogens is 1. The highest BCUT2D eigenvalue weighted by molar-refractivity contribution is 5.05. The second kappa shape index (κ2) is 5.19. The molecule has 1 aliphatic rings. The summed E-state index contributed by atoms with van der Waals surface area (Å²) in [6.07, 6.45) is 1.20. The molecule has 0 aliphatic carbocycles. The van der Waals surface area contributed by atoms with Crippen LogP contribution in [0.3, 0.4) is 0 Å². The molecular weight excluding hydrogens is 214 g/mol. The molecule has 1 fully saturated rings. The van der Waals surface area contributed by atoms with Crippen molar-refractivity contribution >= 4 is 0 Å². The first-order chi connectivity index (χ1) is 8.06. The van der Waals surface area contributed by atoms with Crippen LogP contribution >= 0.6 is 0 Å². The molecule has 0 amide bonds. The average Bonchev–Trinajstić information content (AvgIpc) is 2.57. The summed E-state index contributed by atoms with van der Waals surface area (Å²) in [6, 6.07) is 0.582. The Morgan fingerprint density at radius 3 is 2.82 bits per heavy atom. The van der Waals surface area contributed by atoms with Crippen LogP contribution in [0.15, 0.2) is 4.42 Å². The van der Waals surface area contributed by atoms with E-state index in [4.69, 9.17) is 4.42 Å². The van der Waals surface area contributed by atoms with Crippen molar-refractivity contribution in [2.45, 2.75) is 39.8 Å². The first-order valence-corrected chi connectivity index (χ1v) is 6.41. The standard InChI is InChI=1S/C13H23N3O/c1-9-8-16(4)6-5-12(9)14-7-13-15-10(2)11(3)17-13/h9,12,14H,5-8H2,1-4H3. The summed E-state index contributed by atoms with van der Waals surface area (Å²) in [5.41, 5.74) is 0.998. The maximum absolute atomic E-state index is 5.58. The van der Waals surface area contributed by atoms with E-state index in [1.165, 1.54) is 19.5 Å². The molecule has 17 heavy (non-hydrogen) atoms. The first kappa shape index (κ1) is 12.6. The van der Waals surface area contributed by atoms with Crippen LogP contribution in [0.5, 0.6) is 0 Å². The third-order valence-corrected chi connectivity index (χ3v) is 3.70. The van der Waals surface area contributed by atoms with Crippen LogP contribution in [-0.4, -0.2) is 36.1 Å². The van der Waals surface area contributed by atoms with Crippen LogP contribution in [0.1, 0.15) is 30.7 Å². The van der Waals surface area contributed by atoms with E-state index in [1.54, 1.807) is 0 Å². The molecule has 2 heterocycles. The number of nitrogens with zero attached hydrogens (tertiary/aromatic N) is 2. The number of hydrogen-bond donors (Lipinski definition) is 1. The van der Waals surface area contributed by atoms with Gasteiger partial charge >= 0.3 is 0 Å². The molecule has 1 aromatic heterocycles. The van der Waals surface area contributed by atoms with Crippen molar-refractivity contribution in [1.29, 1.82) is 0 Å². The Kier molecular flexibility index (Phi) is 3.84. The van der Waals surface area contributed by atoms with E-state index >= 15 is 0 Å². The second-order valence-electron chi connectivity index (χ2n) is 5.26. The molecule has 96 valence electrons. The minimum Gasteiger partial charge on any atom is -0.444 e. The molecule has 4 heteroatoms. The SMILES string of the molecule is Cc1nc(CNC2CCN(C)CC2C)oc1C. The van der Waals surface area contributed by atoms with Gasteiger partial charge in [0.1, 0.15) is 5.76 Å². The van der Waals surface area contributed by atoms with Gasteiger partial charge in [0, 0.05) is 12.6 Å². The van der Waals surface area contributed by atoms with Gasteiger partial charge in [-0.25, -0.2) is 4.98 Å². The van der Waals surface area contributed by atoms with Gasteiger partial charge in [-0.3, -0.25) is 0 Å². The Hall–Kier alpha value is -0.870. The highest BCUT2D eigenvalue weighted by atomic mass is 16.4. The van der Waals surface area contributed by atoms with Crippen LogP contribution in [-0.2, 0) is 6.54 Å². The molecule has 1 aliphatic heterocycles. The monoisotopic (exact) mass is 237 g/mol. The quantitative estimate of drug-likeness (QED) is 0.869. The molecule has 2 rings (SSSR count). The number of hydrogen-bond acceptors (Lipinski definition) is 4. The maximum atomic E-state index is 5.58. The van der Waals surface area contributed by atoms with E-state index in [0.29, 0.717) is 12.0 Å². The Balaban J connectivity index is 1.85. The molecule has 0 saturated carbocycles. The lowest BCUT2D eigenvalue weighted by Crippen LogP contribution is -2.46. The molecule has 2 unspecified atom stereocenters. The minimum absolute atomic E-state index is 0.582. The average molecular weight is 237 g/mol. The number of likely N-dealkylation sites (tertiary alicyclic amines) is 1. The van der Waals surface area contributed by atoms with Crippen LogP contribution < -0.4 is 5.32 Å². The fourth-order valence-corrected chi connectivity index (χ4v) is 2.49. The fraction of sp³-hybridized carbons (Fsp3) is 0.769. The fourth-order valence-electron chi connectivity index (χ4n) is 2.49. The zero-order valence-corrected chi connectivity index (χ0v) is 11.3. The summed E-state index contributed by atoms with van der Waals surface area (Å²) in [4.78, 5) is 6.79. The zero-order chi connectivity index (χ0) is 12.4. The van der Waals surface area contributed by atoms with Gasteiger partial charge in [0.25, 0.3) is 0 Å². The molecule has 2 atom stereocenters. The number of rotatable bonds is 3. The van der Waals surface area contributed by atoms with Gasteiger partial charge in [-0.15, -0.1) is 0 Å². The van der Waals surface area contributed by atoms with Crippen molar-refractivity contribution in [1.82, 2.24) is 15.2 Å². The number of aryl methyl sites for hydroxylation is 2. The number of piperidine rings is 1. The third-order valence-electron chi connectivity index (χ3n) is 3.70. The van der Waals surface area contributed by atoms with Gasteiger partial charge in [0.05, 0.1) is 12.2 Å². The zero-order valence-electron chi connectivity index (χ0n) is 11.3. The summed E-state index contributed by atoms with van der Waals surface area (Å²) in [5.74, 6) is 2.43. The normalized spacial score (nSPS) is 26.4. The van der Waals surface area contributed by atoms with Crippen molar-refractivity contribution in [3.8, 4) is 0 Å². The lowest BCUT2D eigenvalue weighted by molar-refractivity contribution is 0.172. The topological polar surface area (TPSA) is 41.3 Å².